The number of carbonyl (C=O) groups is 1. The van der Waals surface area contributed by atoms with E-state index in [9.17, 15) is 4.79 Å². The van der Waals surface area contributed by atoms with Crippen LogP contribution in [-0.2, 0) is 4.79 Å². The Bertz CT molecular complexity index is 282. The van der Waals surface area contributed by atoms with Gasteiger partial charge in [0.2, 0.25) is 5.91 Å². The average molecular weight is 298 g/mol. The Morgan fingerprint density at radius 1 is 1.05 bits per heavy atom. The van der Waals surface area contributed by atoms with Crippen molar-refractivity contribution in [3.8, 4) is 0 Å². The highest BCUT2D eigenvalue weighted by molar-refractivity contribution is 7.99. The molecule has 0 aromatic carbocycles. The molecule has 0 N–H and O–H groups in total. The molecule has 20 heavy (non-hydrogen) atoms. The molecule has 0 bridgehead atoms. The molecule has 0 atom stereocenters. The fraction of sp³-hybridized carbons (Fsp3) is 0.938. The van der Waals surface area contributed by atoms with Gasteiger partial charge in [0.25, 0.3) is 0 Å². The summed E-state index contributed by atoms with van der Waals surface area (Å²) in [5.41, 5.74) is 0. The molecule has 2 aliphatic rings. The Morgan fingerprint density at radius 2 is 1.70 bits per heavy atom. The van der Waals surface area contributed by atoms with Crippen molar-refractivity contribution in [2.75, 3.05) is 44.2 Å². The lowest BCUT2D eigenvalue weighted by Gasteiger charge is -2.30. The number of rotatable bonds is 5. The molecular weight excluding hydrogens is 268 g/mol. The van der Waals surface area contributed by atoms with Crippen LogP contribution in [0.1, 0.15) is 45.4 Å². The summed E-state index contributed by atoms with van der Waals surface area (Å²) in [4.78, 5) is 16.7. The summed E-state index contributed by atoms with van der Waals surface area (Å²) < 4.78 is 0. The summed E-state index contributed by atoms with van der Waals surface area (Å²) in [5.74, 6) is 2.95. The highest BCUT2D eigenvalue weighted by Crippen LogP contribution is 2.17. The Kier molecular flexibility index (Phi) is 7.22. The SMILES string of the molecule is CC1CCN(C(=O)CSCCN2CCCCCC2)CC1. The quantitative estimate of drug-likeness (QED) is 0.729. The van der Waals surface area contributed by atoms with Gasteiger partial charge in [0.15, 0.2) is 0 Å². The minimum Gasteiger partial charge on any atom is -0.342 e. The monoisotopic (exact) mass is 298 g/mol. The van der Waals surface area contributed by atoms with E-state index in [1.165, 1.54) is 51.6 Å². The second-order valence-electron chi connectivity index (χ2n) is 6.37. The van der Waals surface area contributed by atoms with Crippen LogP contribution in [0.2, 0.25) is 0 Å². The summed E-state index contributed by atoms with van der Waals surface area (Å²) in [6, 6.07) is 0. The second-order valence-corrected chi connectivity index (χ2v) is 7.48. The van der Waals surface area contributed by atoms with Gasteiger partial charge in [0.1, 0.15) is 0 Å². The van der Waals surface area contributed by atoms with Crippen LogP contribution in [-0.4, -0.2) is 59.9 Å². The maximum atomic E-state index is 12.1. The molecule has 1 amide bonds. The number of piperidine rings is 1. The van der Waals surface area contributed by atoms with E-state index in [4.69, 9.17) is 0 Å². The first-order chi connectivity index (χ1) is 9.75. The number of amides is 1. The first kappa shape index (κ1) is 16.2. The summed E-state index contributed by atoms with van der Waals surface area (Å²) in [6.07, 6.45) is 7.88. The summed E-state index contributed by atoms with van der Waals surface area (Å²) in [6.45, 7) is 7.93. The lowest BCUT2D eigenvalue weighted by Crippen LogP contribution is -2.39. The zero-order chi connectivity index (χ0) is 14.2. The van der Waals surface area contributed by atoms with E-state index in [0.717, 1.165) is 31.3 Å². The van der Waals surface area contributed by atoms with Gasteiger partial charge in [0.05, 0.1) is 5.75 Å². The topological polar surface area (TPSA) is 23.6 Å². The van der Waals surface area contributed by atoms with Crippen molar-refractivity contribution < 1.29 is 4.79 Å². The highest BCUT2D eigenvalue weighted by atomic mass is 32.2. The largest absolute Gasteiger partial charge is 0.342 e. The third kappa shape index (κ3) is 5.65. The first-order valence-corrected chi connectivity index (χ1v) is 9.49. The van der Waals surface area contributed by atoms with Crippen molar-refractivity contribution >= 4 is 17.7 Å². The predicted octanol–water partition coefficient (Wildman–Crippen LogP) is 2.85. The molecule has 3 nitrogen and oxygen atoms in total. The Morgan fingerprint density at radius 3 is 2.35 bits per heavy atom. The molecule has 0 spiro atoms. The maximum Gasteiger partial charge on any atom is 0.232 e. The number of hydrogen-bond acceptors (Lipinski definition) is 3. The van der Waals surface area contributed by atoms with Crippen LogP contribution in [0.4, 0.5) is 0 Å². The van der Waals surface area contributed by atoms with E-state index in [-0.39, 0.29) is 0 Å². The van der Waals surface area contributed by atoms with E-state index in [1.54, 1.807) is 0 Å². The Hall–Kier alpha value is -0.220. The van der Waals surface area contributed by atoms with E-state index in [0.29, 0.717) is 11.7 Å². The Labute approximate surface area is 128 Å². The minimum absolute atomic E-state index is 0.359. The van der Waals surface area contributed by atoms with Gasteiger partial charge in [-0.2, -0.15) is 11.8 Å². The number of thioether (sulfide) groups is 1. The number of hydrogen-bond donors (Lipinski definition) is 0. The highest BCUT2D eigenvalue weighted by Gasteiger charge is 2.19. The molecule has 116 valence electrons. The van der Waals surface area contributed by atoms with Gasteiger partial charge in [-0.1, -0.05) is 19.8 Å². The van der Waals surface area contributed by atoms with Gasteiger partial charge in [-0.15, -0.1) is 0 Å². The molecule has 4 heteroatoms. The molecule has 0 aromatic rings. The molecule has 0 saturated carbocycles. The van der Waals surface area contributed by atoms with Crippen molar-refractivity contribution in [2.45, 2.75) is 45.4 Å². The summed E-state index contributed by atoms with van der Waals surface area (Å²) >= 11 is 1.82. The Balaban J connectivity index is 1.54. The number of nitrogens with zero attached hydrogens (tertiary/aromatic N) is 2. The van der Waals surface area contributed by atoms with Gasteiger partial charge in [0, 0.05) is 25.4 Å². The van der Waals surface area contributed by atoms with Crippen molar-refractivity contribution in [1.29, 1.82) is 0 Å². The smallest absolute Gasteiger partial charge is 0.232 e. The fourth-order valence-corrected chi connectivity index (χ4v) is 3.95. The van der Waals surface area contributed by atoms with E-state index >= 15 is 0 Å². The maximum absolute atomic E-state index is 12.1. The molecule has 0 radical (unpaired) electrons. The molecule has 0 aromatic heterocycles. The molecule has 0 unspecified atom stereocenters. The summed E-state index contributed by atoms with van der Waals surface area (Å²) in [7, 11) is 0. The van der Waals surface area contributed by atoms with Crippen molar-refractivity contribution in [3.63, 3.8) is 0 Å². The van der Waals surface area contributed by atoms with Crippen LogP contribution >= 0.6 is 11.8 Å². The van der Waals surface area contributed by atoms with Gasteiger partial charge in [-0.25, -0.2) is 0 Å². The van der Waals surface area contributed by atoms with Crippen LogP contribution in [0.15, 0.2) is 0 Å². The zero-order valence-corrected chi connectivity index (χ0v) is 13.8. The normalized spacial score (nSPS) is 22.8. The lowest BCUT2D eigenvalue weighted by molar-refractivity contribution is -0.129. The molecule has 2 heterocycles. The lowest BCUT2D eigenvalue weighted by atomic mass is 9.99. The fourth-order valence-electron chi connectivity index (χ4n) is 3.06. The predicted molar refractivity (Wildman–Crippen MR) is 87.2 cm³/mol. The van der Waals surface area contributed by atoms with Crippen molar-refractivity contribution in [1.82, 2.24) is 9.80 Å². The number of likely N-dealkylation sites (tertiary alicyclic amines) is 2. The van der Waals surface area contributed by atoms with E-state index in [2.05, 4.69) is 16.7 Å². The van der Waals surface area contributed by atoms with E-state index < -0.39 is 0 Å². The molecular formula is C16H30N2OS. The average Bonchev–Trinajstić information content (AvgIpc) is 2.73. The second kappa shape index (κ2) is 8.93. The molecule has 0 aliphatic carbocycles. The minimum atomic E-state index is 0.359. The third-order valence-corrected chi connectivity index (χ3v) is 5.53. The van der Waals surface area contributed by atoms with Crippen LogP contribution in [0.3, 0.4) is 0 Å². The van der Waals surface area contributed by atoms with Gasteiger partial charge in [-0.3, -0.25) is 4.79 Å². The van der Waals surface area contributed by atoms with Gasteiger partial charge >= 0.3 is 0 Å². The molecule has 2 rings (SSSR count). The zero-order valence-electron chi connectivity index (χ0n) is 13.0. The molecule has 2 aliphatic heterocycles. The van der Waals surface area contributed by atoms with Crippen molar-refractivity contribution in [2.24, 2.45) is 5.92 Å². The van der Waals surface area contributed by atoms with E-state index in [1.807, 2.05) is 11.8 Å². The van der Waals surface area contributed by atoms with Crippen molar-refractivity contribution in [3.05, 3.63) is 0 Å². The third-order valence-electron chi connectivity index (χ3n) is 4.61. The standard InChI is InChI=1S/C16H30N2OS/c1-15-6-10-18(11-7-15)16(19)14-20-13-12-17-8-4-2-3-5-9-17/h15H,2-14H2,1H3. The van der Waals surface area contributed by atoms with Gasteiger partial charge in [-0.05, 0) is 44.7 Å². The summed E-state index contributed by atoms with van der Waals surface area (Å²) in [5, 5.41) is 0. The van der Waals surface area contributed by atoms with Crippen LogP contribution in [0, 0.1) is 5.92 Å². The van der Waals surface area contributed by atoms with Crippen LogP contribution in [0.5, 0.6) is 0 Å². The number of carbonyl (C=O) groups excluding carboxylic acids is 1. The molecule has 2 saturated heterocycles. The first-order valence-electron chi connectivity index (χ1n) is 8.33. The molecule has 2 fully saturated rings. The van der Waals surface area contributed by atoms with Crippen LogP contribution < -0.4 is 0 Å². The van der Waals surface area contributed by atoms with Crippen LogP contribution in [0.25, 0.3) is 0 Å². The van der Waals surface area contributed by atoms with Gasteiger partial charge < -0.3 is 9.80 Å².